The lowest BCUT2D eigenvalue weighted by Gasteiger charge is -2.06. The highest BCUT2D eigenvalue weighted by Gasteiger charge is 2.10. The highest BCUT2D eigenvalue weighted by molar-refractivity contribution is 6.04. The molecule has 0 aliphatic rings. The minimum Gasteiger partial charge on any atom is -0.329 e. The highest BCUT2D eigenvalue weighted by Crippen LogP contribution is 2.15. The standard InChI is InChI=1S/C12H8F2N2O2/c13-8-1-2-9(14)10(6-8)16-12(18)7-3-4-15-11(17)5-7/h1-6H,(H,15,17)(H,16,18). The monoisotopic (exact) mass is 250 g/mol. The molecule has 0 saturated carbocycles. The molecule has 0 aliphatic heterocycles. The summed E-state index contributed by atoms with van der Waals surface area (Å²) in [6.45, 7) is 0. The number of carbonyl (C=O) groups excluding carboxylic acids is 1. The lowest BCUT2D eigenvalue weighted by Crippen LogP contribution is -2.16. The number of hydrogen-bond donors (Lipinski definition) is 2. The number of aromatic nitrogens is 1. The molecule has 0 unspecified atom stereocenters. The average Bonchev–Trinajstić information content (AvgIpc) is 2.34. The van der Waals surface area contributed by atoms with Crippen LogP contribution in [0, 0.1) is 11.6 Å². The van der Waals surface area contributed by atoms with Crippen molar-refractivity contribution >= 4 is 11.6 Å². The van der Waals surface area contributed by atoms with E-state index in [9.17, 15) is 18.4 Å². The summed E-state index contributed by atoms with van der Waals surface area (Å²) in [6, 6.07) is 5.13. The van der Waals surface area contributed by atoms with Crippen molar-refractivity contribution in [3.8, 4) is 0 Å². The predicted molar refractivity (Wildman–Crippen MR) is 61.4 cm³/mol. The fraction of sp³-hybridized carbons (Fsp3) is 0. The Bertz CT molecular complexity index is 653. The zero-order valence-corrected chi connectivity index (χ0v) is 9.04. The average molecular weight is 250 g/mol. The van der Waals surface area contributed by atoms with Crippen molar-refractivity contribution in [2.45, 2.75) is 0 Å². The largest absolute Gasteiger partial charge is 0.329 e. The molecule has 92 valence electrons. The summed E-state index contributed by atoms with van der Waals surface area (Å²) in [5.74, 6) is -2.11. The highest BCUT2D eigenvalue weighted by atomic mass is 19.1. The molecule has 0 saturated heterocycles. The van der Waals surface area contributed by atoms with Gasteiger partial charge in [-0.3, -0.25) is 9.59 Å². The molecule has 0 fully saturated rings. The Labute approximate surface area is 100 Å². The molecule has 0 aliphatic carbocycles. The predicted octanol–water partition coefficient (Wildman–Crippen LogP) is 1.91. The van der Waals surface area contributed by atoms with Crippen LogP contribution in [0.4, 0.5) is 14.5 Å². The number of anilines is 1. The molecule has 1 aromatic carbocycles. The maximum Gasteiger partial charge on any atom is 0.255 e. The third-order valence-corrected chi connectivity index (χ3v) is 2.21. The number of benzene rings is 1. The van der Waals surface area contributed by atoms with Gasteiger partial charge in [0.15, 0.2) is 0 Å². The van der Waals surface area contributed by atoms with Crippen molar-refractivity contribution in [2.24, 2.45) is 0 Å². The number of halogens is 2. The summed E-state index contributed by atoms with van der Waals surface area (Å²) in [5.41, 5.74) is -0.676. The summed E-state index contributed by atoms with van der Waals surface area (Å²) >= 11 is 0. The van der Waals surface area contributed by atoms with E-state index in [1.54, 1.807) is 0 Å². The van der Waals surface area contributed by atoms with Gasteiger partial charge < -0.3 is 10.3 Å². The van der Waals surface area contributed by atoms with Crippen LogP contribution in [0.1, 0.15) is 10.4 Å². The lowest BCUT2D eigenvalue weighted by atomic mass is 10.2. The van der Waals surface area contributed by atoms with E-state index in [1.165, 1.54) is 12.3 Å². The normalized spacial score (nSPS) is 10.1. The van der Waals surface area contributed by atoms with Crippen molar-refractivity contribution in [2.75, 3.05) is 5.32 Å². The quantitative estimate of drug-likeness (QED) is 0.855. The molecule has 2 N–H and O–H groups in total. The summed E-state index contributed by atoms with van der Waals surface area (Å²) < 4.78 is 26.2. The summed E-state index contributed by atoms with van der Waals surface area (Å²) in [4.78, 5) is 25.0. The van der Waals surface area contributed by atoms with Gasteiger partial charge in [0.1, 0.15) is 11.6 Å². The van der Waals surface area contributed by atoms with E-state index >= 15 is 0 Å². The number of amides is 1. The van der Waals surface area contributed by atoms with Crippen LogP contribution in [0.3, 0.4) is 0 Å². The molecule has 1 aromatic heterocycles. The van der Waals surface area contributed by atoms with Gasteiger partial charge >= 0.3 is 0 Å². The molecular formula is C12H8F2N2O2. The molecule has 2 rings (SSSR count). The third kappa shape index (κ3) is 2.60. The van der Waals surface area contributed by atoms with Crippen LogP contribution in [0.25, 0.3) is 0 Å². The number of nitrogens with one attached hydrogen (secondary N) is 2. The summed E-state index contributed by atoms with van der Waals surface area (Å²) in [7, 11) is 0. The Morgan fingerprint density at radius 3 is 2.67 bits per heavy atom. The Kier molecular flexibility index (Phi) is 3.18. The first-order chi connectivity index (χ1) is 8.56. The minimum absolute atomic E-state index is 0.0578. The first-order valence-electron chi connectivity index (χ1n) is 5.01. The second kappa shape index (κ2) is 4.79. The number of rotatable bonds is 2. The van der Waals surface area contributed by atoms with E-state index in [-0.39, 0.29) is 11.3 Å². The van der Waals surface area contributed by atoms with E-state index in [1.807, 2.05) is 0 Å². The Morgan fingerprint density at radius 2 is 1.94 bits per heavy atom. The second-order valence-electron chi connectivity index (χ2n) is 3.52. The van der Waals surface area contributed by atoms with E-state index in [0.717, 1.165) is 24.3 Å². The second-order valence-corrected chi connectivity index (χ2v) is 3.52. The Hall–Kier alpha value is -2.50. The Morgan fingerprint density at radius 1 is 1.17 bits per heavy atom. The topological polar surface area (TPSA) is 62.0 Å². The third-order valence-electron chi connectivity index (χ3n) is 2.21. The van der Waals surface area contributed by atoms with Gasteiger partial charge in [0.25, 0.3) is 5.91 Å². The van der Waals surface area contributed by atoms with Crippen molar-refractivity contribution in [1.29, 1.82) is 0 Å². The van der Waals surface area contributed by atoms with Crippen molar-refractivity contribution in [3.05, 3.63) is 64.1 Å². The molecule has 0 atom stereocenters. The molecule has 2 aromatic rings. The maximum absolute atomic E-state index is 13.3. The van der Waals surface area contributed by atoms with Crippen molar-refractivity contribution in [1.82, 2.24) is 4.98 Å². The zero-order valence-electron chi connectivity index (χ0n) is 9.04. The van der Waals surface area contributed by atoms with Crippen LogP contribution in [0.15, 0.2) is 41.3 Å². The van der Waals surface area contributed by atoms with Gasteiger partial charge in [-0.25, -0.2) is 8.78 Å². The van der Waals surface area contributed by atoms with Crippen LogP contribution < -0.4 is 10.9 Å². The molecule has 1 heterocycles. The lowest BCUT2D eigenvalue weighted by molar-refractivity contribution is 0.102. The molecule has 4 nitrogen and oxygen atoms in total. The van der Waals surface area contributed by atoms with E-state index < -0.39 is 23.1 Å². The van der Waals surface area contributed by atoms with Gasteiger partial charge in [-0.05, 0) is 18.2 Å². The van der Waals surface area contributed by atoms with Crippen LogP contribution in [0.5, 0.6) is 0 Å². The van der Waals surface area contributed by atoms with Gasteiger partial charge in [0.05, 0.1) is 5.69 Å². The number of H-pyrrole nitrogens is 1. The first kappa shape index (κ1) is 12.0. The molecule has 0 bridgehead atoms. The van der Waals surface area contributed by atoms with Crippen LogP contribution >= 0.6 is 0 Å². The Balaban J connectivity index is 2.26. The van der Waals surface area contributed by atoms with Crippen molar-refractivity contribution in [3.63, 3.8) is 0 Å². The molecule has 1 amide bonds. The fourth-order valence-corrected chi connectivity index (χ4v) is 1.37. The van der Waals surface area contributed by atoms with Gasteiger partial charge in [-0.15, -0.1) is 0 Å². The molecule has 6 heteroatoms. The van der Waals surface area contributed by atoms with E-state index in [2.05, 4.69) is 10.3 Å². The summed E-state index contributed by atoms with van der Waals surface area (Å²) in [5, 5.41) is 2.19. The fourth-order valence-electron chi connectivity index (χ4n) is 1.37. The van der Waals surface area contributed by atoms with Gasteiger partial charge in [0.2, 0.25) is 5.56 Å². The molecule has 0 radical (unpaired) electrons. The molecule has 0 spiro atoms. The number of hydrogen-bond acceptors (Lipinski definition) is 2. The van der Waals surface area contributed by atoms with Crippen LogP contribution in [0.2, 0.25) is 0 Å². The van der Waals surface area contributed by atoms with E-state index in [0.29, 0.717) is 0 Å². The first-order valence-corrected chi connectivity index (χ1v) is 5.01. The minimum atomic E-state index is -0.755. The van der Waals surface area contributed by atoms with Gasteiger partial charge in [0, 0.05) is 23.9 Å². The molecule has 18 heavy (non-hydrogen) atoms. The smallest absolute Gasteiger partial charge is 0.255 e. The van der Waals surface area contributed by atoms with Gasteiger partial charge in [-0.2, -0.15) is 0 Å². The maximum atomic E-state index is 13.3. The van der Waals surface area contributed by atoms with Gasteiger partial charge in [-0.1, -0.05) is 0 Å². The number of carbonyl (C=O) groups is 1. The zero-order chi connectivity index (χ0) is 13.1. The van der Waals surface area contributed by atoms with Crippen LogP contribution in [-0.2, 0) is 0 Å². The summed E-state index contributed by atoms with van der Waals surface area (Å²) in [6.07, 6.45) is 1.29. The van der Waals surface area contributed by atoms with Crippen LogP contribution in [-0.4, -0.2) is 10.9 Å². The number of aromatic amines is 1. The number of pyridine rings is 1. The molecular weight excluding hydrogens is 242 g/mol. The van der Waals surface area contributed by atoms with E-state index in [4.69, 9.17) is 0 Å². The van der Waals surface area contributed by atoms with Crippen molar-refractivity contribution < 1.29 is 13.6 Å². The SMILES string of the molecule is O=C(Nc1cc(F)ccc1F)c1cc[nH]c(=O)c1.